The minimum atomic E-state index is -1.55. The van der Waals surface area contributed by atoms with Gasteiger partial charge in [-0.25, -0.2) is 4.90 Å². The first-order chi connectivity index (χ1) is 24.5. The standard InChI is InChI=1S/C41H26INO7/c42-27-13-7-8-14-28(27)43-37(44)35-36(38(43)45)41(26-11-5-2-6-12-26)34(24-16-18-30-32(20-24)50-22-48-30)33(23-15-17-29-31(19-23)49-21-47-29)40(35,39(41)46)25-9-3-1-4-10-25/h1-20,35-36H,21-22H2/t35-,36-,40-,41-/m0/s1. The normalized spacial score (nSPS) is 25.5. The number of allylic oxidation sites excluding steroid dienone is 2. The van der Waals surface area contributed by atoms with Crippen LogP contribution in [0.1, 0.15) is 22.3 Å². The number of anilines is 1. The number of benzene rings is 5. The summed E-state index contributed by atoms with van der Waals surface area (Å²) in [5.41, 5.74) is 1.39. The SMILES string of the molecule is O=C1[C@@H]2[C@@H](C(=O)N1c1ccccc1I)[C@@]1(c3ccccc3)C(=O)[C@@]2(c2ccccc2)C(c2ccc3c(c2)OCO3)=C1c1ccc2c(c1)OCO2. The van der Waals surface area contributed by atoms with E-state index in [0.29, 0.717) is 62.1 Å². The van der Waals surface area contributed by atoms with E-state index in [9.17, 15) is 0 Å². The van der Waals surface area contributed by atoms with Crippen LogP contribution >= 0.6 is 22.6 Å². The highest BCUT2D eigenvalue weighted by atomic mass is 127. The number of rotatable bonds is 5. The number of Topliss-reactive ketones (excluding diaryl/α,β-unsaturated/α-hetero) is 1. The maximum Gasteiger partial charge on any atom is 0.239 e. The van der Waals surface area contributed by atoms with Crippen LogP contribution in [0.25, 0.3) is 11.1 Å². The highest BCUT2D eigenvalue weighted by molar-refractivity contribution is 14.1. The number of fused-ring (bicyclic) bond motifs is 7. The Labute approximate surface area is 300 Å². The van der Waals surface area contributed by atoms with Gasteiger partial charge in [0.2, 0.25) is 25.4 Å². The van der Waals surface area contributed by atoms with Crippen molar-refractivity contribution in [3.05, 3.63) is 147 Å². The van der Waals surface area contributed by atoms with E-state index in [4.69, 9.17) is 18.9 Å². The largest absolute Gasteiger partial charge is 0.454 e. The molecule has 8 nitrogen and oxygen atoms in total. The maximum absolute atomic E-state index is 16.2. The molecule has 2 fully saturated rings. The number of amides is 2. The van der Waals surface area contributed by atoms with Crippen molar-refractivity contribution in [1.29, 1.82) is 0 Å². The first-order valence-corrected chi connectivity index (χ1v) is 17.4. The zero-order valence-electron chi connectivity index (χ0n) is 26.3. The summed E-state index contributed by atoms with van der Waals surface area (Å²) in [5.74, 6) is -0.828. The summed E-state index contributed by atoms with van der Waals surface area (Å²) >= 11 is 2.16. The lowest BCUT2D eigenvalue weighted by atomic mass is 9.59. The van der Waals surface area contributed by atoms with Gasteiger partial charge in [0, 0.05) is 3.57 Å². The molecule has 244 valence electrons. The Morgan fingerprint density at radius 2 is 0.980 bits per heavy atom. The summed E-state index contributed by atoms with van der Waals surface area (Å²) in [7, 11) is 0. The van der Waals surface area contributed by atoms with Gasteiger partial charge in [-0.1, -0.05) is 84.9 Å². The number of para-hydroxylation sites is 1. The minimum absolute atomic E-state index is 0.0753. The third kappa shape index (κ3) is 3.57. The Hall–Kier alpha value is -5.42. The van der Waals surface area contributed by atoms with E-state index in [1.165, 1.54) is 4.90 Å². The average molecular weight is 772 g/mol. The summed E-state index contributed by atoms with van der Waals surface area (Å²) < 4.78 is 23.9. The lowest BCUT2D eigenvalue weighted by Crippen LogP contribution is -2.45. The second kappa shape index (κ2) is 10.5. The third-order valence-corrected chi connectivity index (χ3v) is 11.8. The Morgan fingerprint density at radius 3 is 1.46 bits per heavy atom. The third-order valence-electron chi connectivity index (χ3n) is 10.9. The molecule has 4 atom stereocenters. The summed E-state index contributed by atoms with van der Waals surface area (Å²) in [5, 5.41) is 0. The molecule has 1 saturated carbocycles. The van der Waals surface area contributed by atoms with Gasteiger partial charge in [-0.2, -0.15) is 0 Å². The van der Waals surface area contributed by atoms with E-state index < -0.39 is 34.5 Å². The van der Waals surface area contributed by atoms with Crippen LogP contribution in [0, 0.1) is 15.4 Å². The van der Waals surface area contributed by atoms with Crippen molar-refractivity contribution in [2.75, 3.05) is 18.5 Å². The van der Waals surface area contributed by atoms with Crippen molar-refractivity contribution >= 4 is 57.0 Å². The van der Waals surface area contributed by atoms with Crippen LogP contribution in [0.5, 0.6) is 23.0 Å². The highest BCUT2D eigenvalue weighted by Crippen LogP contribution is 2.74. The van der Waals surface area contributed by atoms with E-state index in [0.717, 1.165) is 3.57 Å². The van der Waals surface area contributed by atoms with E-state index in [1.54, 1.807) is 6.07 Å². The molecule has 0 radical (unpaired) electrons. The fourth-order valence-corrected chi connectivity index (χ4v) is 9.73. The molecule has 2 bridgehead atoms. The Morgan fingerprint density at radius 1 is 0.540 bits per heavy atom. The van der Waals surface area contributed by atoms with Crippen molar-refractivity contribution in [2.24, 2.45) is 11.8 Å². The van der Waals surface area contributed by atoms with Crippen LogP contribution in [0.3, 0.4) is 0 Å². The molecule has 0 aromatic heterocycles. The van der Waals surface area contributed by atoms with Crippen molar-refractivity contribution in [3.63, 3.8) is 0 Å². The lowest BCUT2D eigenvalue weighted by Gasteiger charge is -2.39. The van der Waals surface area contributed by atoms with Crippen LogP contribution in [-0.2, 0) is 25.2 Å². The number of ether oxygens (including phenoxy) is 4. The highest BCUT2D eigenvalue weighted by Gasteiger charge is 2.83. The van der Waals surface area contributed by atoms with Crippen molar-refractivity contribution in [1.82, 2.24) is 0 Å². The first-order valence-electron chi connectivity index (χ1n) is 16.3. The second-order valence-corrected chi connectivity index (χ2v) is 14.1. The molecule has 5 aliphatic rings. The topological polar surface area (TPSA) is 91.4 Å². The molecular formula is C41H26INO7. The van der Waals surface area contributed by atoms with Gasteiger partial charge in [-0.05, 0) is 92.4 Å². The van der Waals surface area contributed by atoms with Crippen LogP contribution in [0.15, 0.2) is 121 Å². The number of ketones is 1. The van der Waals surface area contributed by atoms with Gasteiger partial charge in [0.15, 0.2) is 28.8 Å². The van der Waals surface area contributed by atoms with Crippen LogP contribution in [-0.4, -0.2) is 31.2 Å². The molecule has 5 aromatic rings. The molecule has 0 spiro atoms. The molecule has 1 saturated heterocycles. The fraction of sp³-hybridized carbons (Fsp3) is 0.146. The quantitative estimate of drug-likeness (QED) is 0.141. The monoisotopic (exact) mass is 771 g/mol. The molecule has 2 amide bonds. The first kappa shape index (κ1) is 29.5. The van der Waals surface area contributed by atoms with E-state index >= 15 is 14.4 Å². The van der Waals surface area contributed by atoms with Crippen molar-refractivity contribution in [3.8, 4) is 23.0 Å². The van der Waals surface area contributed by atoms with E-state index in [-0.39, 0.29) is 19.4 Å². The molecule has 3 heterocycles. The Kier molecular flexibility index (Phi) is 6.22. The number of hydrogen-bond donors (Lipinski definition) is 0. The maximum atomic E-state index is 16.2. The molecule has 2 aliphatic carbocycles. The van der Waals surface area contributed by atoms with Gasteiger partial charge < -0.3 is 18.9 Å². The number of imide groups is 1. The van der Waals surface area contributed by atoms with Gasteiger partial charge >= 0.3 is 0 Å². The lowest BCUT2D eigenvalue weighted by molar-refractivity contribution is -0.130. The fourth-order valence-electron chi connectivity index (χ4n) is 9.10. The summed E-state index contributed by atoms with van der Waals surface area (Å²) in [4.78, 5) is 48.0. The second-order valence-electron chi connectivity index (χ2n) is 13.0. The Balaban J connectivity index is 1.38. The molecule has 9 heteroatoms. The molecule has 3 aliphatic heterocycles. The van der Waals surface area contributed by atoms with Gasteiger partial charge in [0.1, 0.15) is 0 Å². The number of halogens is 1. The van der Waals surface area contributed by atoms with Crippen LogP contribution < -0.4 is 23.8 Å². The van der Waals surface area contributed by atoms with Gasteiger partial charge in [-0.3, -0.25) is 14.4 Å². The molecule has 0 N–H and O–H groups in total. The minimum Gasteiger partial charge on any atom is -0.454 e. The van der Waals surface area contributed by atoms with E-state index in [2.05, 4.69) is 22.6 Å². The zero-order chi connectivity index (χ0) is 33.8. The van der Waals surface area contributed by atoms with Gasteiger partial charge in [0.25, 0.3) is 0 Å². The summed E-state index contributed by atoms with van der Waals surface area (Å²) in [6.07, 6.45) is 0. The smallest absolute Gasteiger partial charge is 0.239 e. The average Bonchev–Trinajstić information content (AvgIpc) is 3.96. The zero-order valence-corrected chi connectivity index (χ0v) is 28.5. The predicted octanol–water partition coefficient (Wildman–Crippen LogP) is 6.94. The number of carbonyl (C=O) groups excluding carboxylic acids is 3. The predicted molar refractivity (Wildman–Crippen MR) is 192 cm³/mol. The molecule has 5 aromatic carbocycles. The summed E-state index contributed by atoms with van der Waals surface area (Å²) in [6.45, 7) is 0.151. The van der Waals surface area contributed by atoms with Gasteiger partial charge in [-0.15, -0.1) is 0 Å². The molecule has 10 rings (SSSR count). The molecule has 0 unspecified atom stereocenters. The number of hydrogen-bond acceptors (Lipinski definition) is 7. The summed E-state index contributed by atoms with van der Waals surface area (Å²) in [6, 6.07) is 37.5. The number of nitrogens with zero attached hydrogens (tertiary/aromatic N) is 1. The van der Waals surface area contributed by atoms with Crippen LogP contribution in [0.2, 0.25) is 0 Å². The number of carbonyl (C=O) groups is 3. The van der Waals surface area contributed by atoms with Gasteiger partial charge in [0.05, 0.1) is 28.4 Å². The van der Waals surface area contributed by atoms with Crippen LogP contribution in [0.4, 0.5) is 5.69 Å². The van der Waals surface area contributed by atoms with Crippen molar-refractivity contribution < 1.29 is 33.3 Å². The van der Waals surface area contributed by atoms with Crippen molar-refractivity contribution in [2.45, 2.75) is 10.8 Å². The Bertz CT molecular complexity index is 2200. The molecular weight excluding hydrogens is 745 g/mol. The molecule has 50 heavy (non-hydrogen) atoms. The van der Waals surface area contributed by atoms with E-state index in [1.807, 2.05) is 115 Å².